The summed E-state index contributed by atoms with van der Waals surface area (Å²) in [6, 6.07) is 0. The van der Waals surface area contributed by atoms with E-state index >= 15 is 0 Å². The lowest BCUT2D eigenvalue weighted by Crippen LogP contribution is -2.61. The van der Waals surface area contributed by atoms with Gasteiger partial charge in [-0.15, -0.1) is 0 Å². The van der Waals surface area contributed by atoms with E-state index in [1.54, 1.807) is 0 Å². The predicted molar refractivity (Wildman–Crippen MR) is 266 cm³/mol. The Morgan fingerprint density at radius 2 is 0.779 bits per heavy atom. The van der Waals surface area contributed by atoms with Crippen LogP contribution in [-0.2, 0) is 33.2 Å². The van der Waals surface area contributed by atoms with Gasteiger partial charge in [0.25, 0.3) is 0 Å². The largest absolute Gasteiger partial charge is 0.457 e. The molecular formula is C54H104O14. The van der Waals surface area contributed by atoms with E-state index in [1.165, 1.54) is 173 Å². The van der Waals surface area contributed by atoms with E-state index in [2.05, 4.69) is 13.8 Å². The maximum absolute atomic E-state index is 12.9. The molecule has 11 unspecified atom stereocenters. The fourth-order valence-corrected chi connectivity index (χ4v) is 9.29. The van der Waals surface area contributed by atoms with Gasteiger partial charge in [-0.3, -0.25) is 4.79 Å². The zero-order valence-electron chi connectivity index (χ0n) is 43.1. The van der Waals surface area contributed by atoms with Crippen molar-refractivity contribution in [3.63, 3.8) is 0 Å². The van der Waals surface area contributed by atoms with Crippen LogP contribution in [0.3, 0.4) is 0 Å². The molecule has 2 aliphatic rings. The van der Waals surface area contributed by atoms with Crippen LogP contribution < -0.4 is 0 Å². The molecule has 7 N–H and O–H groups in total. The molecule has 0 bridgehead atoms. The lowest BCUT2D eigenvalue weighted by molar-refractivity contribution is -0.332. The average molecular weight is 977 g/mol. The highest BCUT2D eigenvalue weighted by molar-refractivity contribution is 5.69. The summed E-state index contributed by atoms with van der Waals surface area (Å²) in [4.78, 5) is 12.9. The molecule has 0 amide bonds. The normalized spacial score (nSPS) is 25.8. The molecule has 0 aromatic heterocycles. The number of ether oxygens (including phenoxy) is 6. The standard InChI is InChI=1S/C54H104O14/c1-3-5-7-9-11-13-14-15-16-17-18-19-20-21-22-23-24-25-26-27-28-30-32-34-36-38-63-40-43(66-46(56)37-35-33-31-29-12-10-8-6-4-2)41-64-53-52(62)50(60)48(58)45(68-53)42-65-54-51(61)49(59)47(57)44(39-55)67-54/h43-45,47-55,57-62H,3-42H2,1-2H3. The van der Waals surface area contributed by atoms with Gasteiger partial charge < -0.3 is 64.2 Å². The summed E-state index contributed by atoms with van der Waals surface area (Å²) in [5.41, 5.74) is 0. The van der Waals surface area contributed by atoms with Gasteiger partial charge in [-0.25, -0.2) is 0 Å². The second kappa shape index (κ2) is 42.5. The summed E-state index contributed by atoms with van der Waals surface area (Å²) < 4.78 is 34.3. The Kier molecular flexibility index (Phi) is 39.4. The maximum atomic E-state index is 12.9. The average Bonchev–Trinajstić information content (AvgIpc) is 3.33. The van der Waals surface area contributed by atoms with Gasteiger partial charge in [-0.1, -0.05) is 219 Å². The molecule has 14 heteroatoms. The summed E-state index contributed by atoms with van der Waals surface area (Å²) in [6.07, 6.45) is 27.7. The highest BCUT2D eigenvalue weighted by Crippen LogP contribution is 2.27. The Morgan fingerprint density at radius 1 is 0.426 bits per heavy atom. The van der Waals surface area contributed by atoms with E-state index in [-0.39, 0.29) is 25.6 Å². The van der Waals surface area contributed by atoms with Crippen LogP contribution in [0.2, 0.25) is 0 Å². The quantitative estimate of drug-likeness (QED) is 0.0224. The topological polar surface area (TPSA) is 214 Å². The second-order valence-corrected chi connectivity index (χ2v) is 20.1. The van der Waals surface area contributed by atoms with E-state index in [4.69, 9.17) is 28.4 Å². The minimum Gasteiger partial charge on any atom is -0.457 e. The number of esters is 1. The van der Waals surface area contributed by atoms with E-state index < -0.39 is 80.7 Å². The summed E-state index contributed by atoms with van der Waals surface area (Å²) in [6.45, 7) is 3.72. The first-order valence-corrected chi connectivity index (χ1v) is 28.1. The number of aliphatic hydroxyl groups is 7. The molecule has 14 nitrogen and oxygen atoms in total. The first-order valence-electron chi connectivity index (χ1n) is 28.1. The van der Waals surface area contributed by atoms with Crippen LogP contribution >= 0.6 is 0 Å². The van der Waals surface area contributed by atoms with Crippen molar-refractivity contribution in [2.24, 2.45) is 0 Å². The van der Waals surface area contributed by atoms with Crippen molar-refractivity contribution in [2.45, 2.75) is 306 Å². The molecule has 0 saturated carbocycles. The van der Waals surface area contributed by atoms with Crippen molar-refractivity contribution < 1.29 is 69.0 Å². The van der Waals surface area contributed by atoms with Crippen LogP contribution in [-0.4, -0.2) is 142 Å². The summed E-state index contributed by atoms with van der Waals surface area (Å²) in [5.74, 6) is -0.374. The molecule has 11 atom stereocenters. The van der Waals surface area contributed by atoms with Crippen molar-refractivity contribution in [2.75, 3.05) is 33.0 Å². The predicted octanol–water partition coefficient (Wildman–Crippen LogP) is 9.25. The monoisotopic (exact) mass is 977 g/mol. The summed E-state index contributed by atoms with van der Waals surface area (Å²) in [5, 5.41) is 72.1. The summed E-state index contributed by atoms with van der Waals surface area (Å²) in [7, 11) is 0. The second-order valence-electron chi connectivity index (χ2n) is 20.1. The van der Waals surface area contributed by atoms with E-state index in [9.17, 15) is 40.5 Å². The van der Waals surface area contributed by atoms with Crippen molar-refractivity contribution in [3.05, 3.63) is 0 Å². The van der Waals surface area contributed by atoms with Crippen LogP contribution in [0.4, 0.5) is 0 Å². The molecule has 2 fully saturated rings. The molecule has 2 aliphatic heterocycles. The van der Waals surface area contributed by atoms with Gasteiger partial charge in [0.15, 0.2) is 12.6 Å². The van der Waals surface area contributed by atoms with E-state index in [1.807, 2.05) is 0 Å². The van der Waals surface area contributed by atoms with Gasteiger partial charge in [-0.2, -0.15) is 0 Å². The van der Waals surface area contributed by atoms with Gasteiger partial charge in [0, 0.05) is 13.0 Å². The number of unbranched alkanes of at least 4 members (excludes halogenated alkanes) is 32. The lowest BCUT2D eigenvalue weighted by Gasteiger charge is -2.42. The number of rotatable bonds is 46. The number of carbonyl (C=O) groups excluding carboxylic acids is 1. The molecule has 2 saturated heterocycles. The first kappa shape index (κ1) is 63.1. The molecule has 0 spiro atoms. The molecule has 2 rings (SSSR count). The van der Waals surface area contributed by atoms with Gasteiger partial charge in [0.2, 0.25) is 0 Å². The maximum Gasteiger partial charge on any atom is 0.306 e. The van der Waals surface area contributed by atoms with Crippen molar-refractivity contribution in [1.29, 1.82) is 0 Å². The summed E-state index contributed by atoms with van der Waals surface area (Å²) >= 11 is 0. The Balaban J connectivity index is 1.63. The van der Waals surface area contributed by atoms with E-state index in [0.717, 1.165) is 38.5 Å². The highest BCUT2D eigenvalue weighted by atomic mass is 16.7. The smallest absolute Gasteiger partial charge is 0.306 e. The number of hydrogen-bond acceptors (Lipinski definition) is 14. The third-order valence-electron chi connectivity index (χ3n) is 13.9. The van der Waals surface area contributed by atoms with Crippen LogP contribution in [0, 0.1) is 0 Å². The fraction of sp³-hybridized carbons (Fsp3) is 0.981. The Labute approximate surface area is 412 Å². The molecule has 0 aromatic carbocycles. The van der Waals surface area contributed by atoms with Crippen LogP contribution in [0.5, 0.6) is 0 Å². The molecule has 0 radical (unpaired) electrons. The SMILES string of the molecule is CCCCCCCCCCCCCCCCCCCCCCCCCCCOCC(COC1OC(COC2OC(CO)C(O)C(O)C2O)C(O)C(O)C1O)OC(=O)CCCCCCCCCCC. The molecule has 68 heavy (non-hydrogen) atoms. The van der Waals surface area contributed by atoms with Gasteiger partial charge >= 0.3 is 5.97 Å². The Bertz CT molecular complexity index is 1130. The molecular weight excluding hydrogens is 873 g/mol. The lowest BCUT2D eigenvalue weighted by atomic mass is 9.98. The minimum absolute atomic E-state index is 0.0700. The van der Waals surface area contributed by atoms with Gasteiger partial charge in [-0.05, 0) is 12.8 Å². The van der Waals surface area contributed by atoms with Crippen LogP contribution in [0.15, 0.2) is 0 Å². The number of hydrogen-bond donors (Lipinski definition) is 7. The minimum atomic E-state index is -1.70. The molecule has 2 heterocycles. The molecule has 0 aromatic rings. The Hall–Kier alpha value is -1.01. The van der Waals surface area contributed by atoms with Gasteiger partial charge in [0.1, 0.15) is 54.9 Å². The highest BCUT2D eigenvalue weighted by Gasteiger charge is 2.47. The Morgan fingerprint density at radius 3 is 1.19 bits per heavy atom. The third kappa shape index (κ3) is 29.5. The van der Waals surface area contributed by atoms with Crippen LogP contribution in [0.1, 0.15) is 239 Å². The van der Waals surface area contributed by atoms with Crippen molar-refractivity contribution in [3.8, 4) is 0 Å². The van der Waals surface area contributed by atoms with Gasteiger partial charge in [0.05, 0.1) is 26.4 Å². The number of carbonyl (C=O) groups is 1. The third-order valence-corrected chi connectivity index (χ3v) is 13.9. The zero-order valence-corrected chi connectivity index (χ0v) is 43.1. The van der Waals surface area contributed by atoms with Crippen LogP contribution in [0.25, 0.3) is 0 Å². The fourth-order valence-electron chi connectivity index (χ4n) is 9.29. The van der Waals surface area contributed by atoms with Crippen molar-refractivity contribution >= 4 is 5.97 Å². The van der Waals surface area contributed by atoms with E-state index in [0.29, 0.717) is 13.0 Å². The molecule has 404 valence electrons. The first-order chi connectivity index (χ1) is 33.1. The number of aliphatic hydroxyl groups excluding tert-OH is 7. The molecule has 0 aliphatic carbocycles. The van der Waals surface area contributed by atoms with Crippen molar-refractivity contribution in [1.82, 2.24) is 0 Å². The zero-order chi connectivity index (χ0) is 49.5.